The molecule has 1 aliphatic carbocycles. The SMILES string of the molecule is C=C1N(C)C(C)(C)C[C@@]12C[C@H](C)CC[C@H]2C(C)C. The van der Waals surface area contributed by atoms with Crippen LogP contribution in [0.5, 0.6) is 0 Å². The minimum Gasteiger partial charge on any atom is -0.373 e. The summed E-state index contributed by atoms with van der Waals surface area (Å²) in [6.07, 6.45) is 5.44. The van der Waals surface area contributed by atoms with Crippen LogP contribution in [-0.2, 0) is 0 Å². The molecule has 2 aliphatic rings. The molecule has 104 valence electrons. The van der Waals surface area contributed by atoms with Gasteiger partial charge in [-0.05, 0) is 50.9 Å². The molecule has 2 rings (SSSR count). The fourth-order valence-corrected chi connectivity index (χ4v) is 4.81. The van der Waals surface area contributed by atoms with Crippen LogP contribution >= 0.6 is 0 Å². The van der Waals surface area contributed by atoms with Gasteiger partial charge in [-0.25, -0.2) is 0 Å². The number of allylic oxidation sites excluding steroid dienone is 1. The van der Waals surface area contributed by atoms with Gasteiger partial charge < -0.3 is 4.90 Å². The molecular weight excluding hydrogens is 218 g/mol. The Labute approximate surface area is 114 Å². The molecule has 0 amide bonds. The van der Waals surface area contributed by atoms with Crippen LogP contribution in [-0.4, -0.2) is 17.5 Å². The summed E-state index contributed by atoms with van der Waals surface area (Å²) in [7, 11) is 2.24. The number of rotatable bonds is 1. The molecule has 0 aromatic heterocycles. The van der Waals surface area contributed by atoms with Gasteiger partial charge in [-0.2, -0.15) is 0 Å². The summed E-state index contributed by atoms with van der Waals surface area (Å²) in [6, 6.07) is 0. The average molecular weight is 249 g/mol. The first-order valence-electron chi connectivity index (χ1n) is 7.64. The van der Waals surface area contributed by atoms with Crippen LogP contribution in [0.3, 0.4) is 0 Å². The number of hydrogen-bond acceptors (Lipinski definition) is 1. The minimum atomic E-state index is 0.279. The third kappa shape index (κ3) is 1.90. The van der Waals surface area contributed by atoms with Gasteiger partial charge >= 0.3 is 0 Å². The topological polar surface area (TPSA) is 3.24 Å². The van der Waals surface area contributed by atoms with Crippen molar-refractivity contribution in [1.29, 1.82) is 0 Å². The Kier molecular flexibility index (Phi) is 3.32. The van der Waals surface area contributed by atoms with E-state index in [1.807, 2.05) is 0 Å². The van der Waals surface area contributed by atoms with Crippen LogP contribution in [0.2, 0.25) is 0 Å². The van der Waals surface area contributed by atoms with Crippen molar-refractivity contribution in [2.45, 2.75) is 65.8 Å². The van der Waals surface area contributed by atoms with Crippen molar-refractivity contribution in [2.75, 3.05) is 7.05 Å². The largest absolute Gasteiger partial charge is 0.373 e. The Morgan fingerprint density at radius 3 is 2.33 bits per heavy atom. The first kappa shape index (κ1) is 14.0. The molecule has 1 heterocycles. The van der Waals surface area contributed by atoms with Gasteiger partial charge in [-0.3, -0.25) is 0 Å². The fraction of sp³-hybridized carbons (Fsp3) is 0.882. The van der Waals surface area contributed by atoms with Crippen molar-refractivity contribution in [3.05, 3.63) is 12.3 Å². The molecular formula is C17H31N. The van der Waals surface area contributed by atoms with E-state index in [4.69, 9.17) is 0 Å². The maximum absolute atomic E-state index is 4.50. The second-order valence-electron chi connectivity index (χ2n) is 7.89. The van der Waals surface area contributed by atoms with Crippen molar-refractivity contribution in [3.8, 4) is 0 Å². The van der Waals surface area contributed by atoms with Crippen molar-refractivity contribution in [1.82, 2.24) is 4.90 Å². The molecule has 1 nitrogen and oxygen atoms in total. The van der Waals surface area contributed by atoms with Gasteiger partial charge in [0.1, 0.15) is 0 Å². The van der Waals surface area contributed by atoms with Crippen LogP contribution in [0.15, 0.2) is 12.3 Å². The smallest absolute Gasteiger partial charge is 0.0349 e. The van der Waals surface area contributed by atoms with E-state index < -0.39 is 0 Å². The summed E-state index contributed by atoms with van der Waals surface area (Å²) >= 11 is 0. The van der Waals surface area contributed by atoms with Gasteiger partial charge in [0, 0.05) is 23.7 Å². The van der Waals surface area contributed by atoms with Crippen molar-refractivity contribution < 1.29 is 0 Å². The summed E-state index contributed by atoms with van der Waals surface area (Å²) in [5, 5.41) is 0. The van der Waals surface area contributed by atoms with E-state index in [0.29, 0.717) is 5.41 Å². The zero-order valence-electron chi connectivity index (χ0n) is 13.2. The number of hydrogen-bond donors (Lipinski definition) is 0. The molecule has 0 unspecified atom stereocenters. The van der Waals surface area contributed by atoms with E-state index >= 15 is 0 Å². The first-order valence-corrected chi connectivity index (χ1v) is 7.64. The summed E-state index contributed by atoms with van der Waals surface area (Å²) in [5.41, 5.74) is 2.07. The predicted molar refractivity (Wildman–Crippen MR) is 79.4 cm³/mol. The van der Waals surface area contributed by atoms with Gasteiger partial charge in [0.25, 0.3) is 0 Å². The number of likely N-dealkylation sites (tertiary alicyclic amines) is 1. The standard InChI is InChI=1S/C17H31N/c1-12(2)15-9-8-13(3)10-17(15)11-16(5,6)18(7)14(17)4/h12-13,15H,4,8-11H2,1-3,5-7H3/t13-,15+,17+/m1/s1. The van der Waals surface area contributed by atoms with E-state index in [0.717, 1.165) is 17.8 Å². The zero-order chi connectivity index (χ0) is 13.7. The second kappa shape index (κ2) is 4.28. The van der Waals surface area contributed by atoms with E-state index in [9.17, 15) is 0 Å². The van der Waals surface area contributed by atoms with Crippen LogP contribution < -0.4 is 0 Å². The maximum Gasteiger partial charge on any atom is 0.0349 e. The lowest BCUT2D eigenvalue weighted by Crippen LogP contribution is -2.39. The van der Waals surface area contributed by atoms with Gasteiger partial charge in [0.15, 0.2) is 0 Å². The number of nitrogens with zero attached hydrogens (tertiary/aromatic N) is 1. The molecule has 0 aromatic rings. The second-order valence-corrected chi connectivity index (χ2v) is 7.89. The Morgan fingerprint density at radius 2 is 1.89 bits per heavy atom. The van der Waals surface area contributed by atoms with E-state index in [-0.39, 0.29) is 5.54 Å². The third-order valence-electron chi connectivity index (χ3n) is 5.83. The van der Waals surface area contributed by atoms with E-state index in [1.54, 1.807) is 0 Å². The van der Waals surface area contributed by atoms with Gasteiger partial charge in [0.05, 0.1) is 0 Å². The Balaban J connectivity index is 2.40. The lowest BCUT2D eigenvalue weighted by molar-refractivity contribution is 0.0640. The molecule has 1 saturated heterocycles. The molecule has 1 spiro atoms. The average Bonchev–Trinajstić information content (AvgIpc) is 2.40. The third-order valence-corrected chi connectivity index (χ3v) is 5.83. The molecule has 0 radical (unpaired) electrons. The maximum atomic E-state index is 4.50. The van der Waals surface area contributed by atoms with Crippen molar-refractivity contribution in [3.63, 3.8) is 0 Å². The summed E-state index contributed by atoms with van der Waals surface area (Å²) < 4.78 is 0. The lowest BCUT2D eigenvalue weighted by atomic mass is 9.57. The highest BCUT2D eigenvalue weighted by molar-refractivity contribution is 5.23. The Hall–Kier alpha value is -0.460. The summed E-state index contributed by atoms with van der Waals surface area (Å²) in [6.45, 7) is 16.5. The van der Waals surface area contributed by atoms with Crippen LogP contribution in [0.4, 0.5) is 0 Å². The molecule has 0 N–H and O–H groups in total. The molecule has 1 aliphatic heterocycles. The lowest BCUT2D eigenvalue weighted by Gasteiger charge is -2.47. The quantitative estimate of drug-likeness (QED) is 0.651. The van der Waals surface area contributed by atoms with Crippen LogP contribution in [0, 0.1) is 23.2 Å². The molecule has 3 atom stereocenters. The van der Waals surface area contributed by atoms with Crippen molar-refractivity contribution >= 4 is 0 Å². The molecule has 0 bridgehead atoms. The molecule has 1 saturated carbocycles. The highest BCUT2D eigenvalue weighted by atomic mass is 15.2. The zero-order valence-corrected chi connectivity index (χ0v) is 13.2. The highest BCUT2D eigenvalue weighted by Crippen LogP contribution is 2.60. The molecule has 18 heavy (non-hydrogen) atoms. The Bertz CT molecular complexity index is 342. The fourth-order valence-electron chi connectivity index (χ4n) is 4.81. The normalized spacial score (nSPS) is 39.9. The van der Waals surface area contributed by atoms with Crippen LogP contribution in [0.25, 0.3) is 0 Å². The first-order chi connectivity index (χ1) is 8.20. The molecule has 2 fully saturated rings. The van der Waals surface area contributed by atoms with Gasteiger partial charge in [0.2, 0.25) is 0 Å². The predicted octanol–water partition coefficient (Wildman–Crippen LogP) is 4.69. The molecule has 1 heteroatoms. The highest BCUT2D eigenvalue weighted by Gasteiger charge is 2.55. The van der Waals surface area contributed by atoms with Crippen LogP contribution in [0.1, 0.15) is 60.3 Å². The molecule has 0 aromatic carbocycles. The van der Waals surface area contributed by atoms with Gasteiger partial charge in [-0.1, -0.05) is 33.8 Å². The van der Waals surface area contributed by atoms with E-state index in [2.05, 4.69) is 53.1 Å². The summed E-state index contributed by atoms with van der Waals surface area (Å²) in [5.74, 6) is 2.46. The summed E-state index contributed by atoms with van der Waals surface area (Å²) in [4.78, 5) is 2.46. The minimum absolute atomic E-state index is 0.279. The van der Waals surface area contributed by atoms with Gasteiger partial charge in [-0.15, -0.1) is 0 Å². The Morgan fingerprint density at radius 1 is 1.28 bits per heavy atom. The monoisotopic (exact) mass is 249 g/mol. The van der Waals surface area contributed by atoms with Crippen molar-refractivity contribution in [2.24, 2.45) is 23.2 Å². The van der Waals surface area contributed by atoms with E-state index in [1.165, 1.54) is 31.4 Å².